The molecule has 0 saturated carbocycles. The molecule has 2 heterocycles. The van der Waals surface area contributed by atoms with Crippen molar-refractivity contribution in [1.82, 2.24) is 5.32 Å². The highest BCUT2D eigenvalue weighted by Gasteiger charge is 2.22. The first-order valence-electron chi connectivity index (χ1n) is 5.72. The van der Waals surface area contributed by atoms with E-state index in [2.05, 4.69) is 5.32 Å². The smallest absolute Gasteiger partial charge is 0.263 e. The summed E-state index contributed by atoms with van der Waals surface area (Å²) in [4.78, 5) is 12.1. The van der Waals surface area contributed by atoms with Gasteiger partial charge in [0.25, 0.3) is 5.91 Å². The first-order chi connectivity index (χ1) is 9.61. The molecule has 0 radical (unpaired) electrons. The summed E-state index contributed by atoms with van der Waals surface area (Å²) in [7, 11) is 0. The summed E-state index contributed by atoms with van der Waals surface area (Å²) in [6, 6.07) is 11.0. The molecule has 1 aliphatic rings. The van der Waals surface area contributed by atoms with Crippen LogP contribution in [0.5, 0.6) is 0 Å². The summed E-state index contributed by atoms with van der Waals surface area (Å²) in [5.41, 5.74) is 0.929. The minimum absolute atomic E-state index is 0.190. The zero-order valence-corrected chi connectivity index (χ0v) is 12.4. The van der Waals surface area contributed by atoms with Crippen molar-refractivity contribution >= 4 is 51.9 Å². The number of amides is 1. The van der Waals surface area contributed by atoms with Crippen LogP contribution in [0.15, 0.2) is 45.7 Å². The van der Waals surface area contributed by atoms with Crippen molar-refractivity contribution in [2.75, 3.05) is 0 Å². The summed E-state index contributed by atoms with van der Waals surface area (Å²) in [5, 5.41) is 3.24. The van der Waals surface area contributed by atoms with Crippen LogP contribution < -0.4 is 5.32 Å². The second-order valence-electron chi connectivity index (χ2n) is 4.06. The monoisotopic (exact) mass is 321 g/mol. The van der Waals surface area contributed by atoms with E-state index in [4.69, 9.17) is 28.2 Å². The molecule has 1 N–H and O–H groups in total. The molecule has 1 aliphatic heterocycles. The molecule has 1 saturated heterocycles. The van der Waals surface area contributed by atoms with Crippen LogP contribution >= 0.6 is 35.6 Å². The van der Waals surface area contributed by atoms with E-state index in [0.29, 0.717) is 20.0 Å². The summed E-state index contributed by atoms with van der Waals surface area (Å²) in [6.07, 6.45) is 1.68. The normalized spacial score (nSPS) is 16.8. The number of thiocarbonyl (C=S) groups is 1. The molecule has 1 amide bonds. The number of halogens is 1. The van der Waals surface area contributed by atoms with Crippen molar-refractivity contribution in [2.45, 2.75) is 0 Å². The van der Waals surface area contributed by atoms with E-state index in [1.165, 1.54) is 11.8 Å². The molecule has 1 aromatic heterocycles. The third-order valence-corrected chi connectivity index (χ3v) is 4.09. The van der Waals surface area contributed by atoms with Crippen LogP contribution in [0.2, 0.25) is 5.02 Å². The molecule has 1 fully saturated rings. The summed E-state index contributed by atoms with van der Waals surface area (Å²) in [6.45, 7) is 0. The molecule has 20 heavy (non-hydrogen) atoms. The van der Waals surface area contributed by atoms with Crippen molar-refractivity contribution < 1.29 is 9.21 Å². The van der Waals surface area contributed by atoms with Gasteiger partial charge in [-0.3, -0.25) is 4.79 Å². The van der Waals surface area contributed by atoms with Gasteiger partial charge in [-0.25, -0.2) is 0 Å². The van der Waals surface area contributed by atoms with Gasteiger partial charge in [-0.2, -0.15) is 0 Å². The number of rotatable bonds is 2. The first kappa shape index (κ1) is 13.4. The summed E-state index contributed by atoms with van der Waals surface area (Å²) < 4.78 is 6.16. The molecular formula is C14H8ClNO2S2. The van der Waals surface area contributed by atoms with Crippen LogP contribution in [0, 0.1) is 0 Å². The maximum atomic E-state index is 11.6. The summed E-state index contributed by atoms with van der Waals surface area (Å²) in [5.74, 6) is 1.14. The van der Waals surface area contributed by atoms with E-state index >= 15 is 0 Å². The fraction of sp³-hybridized carbons (Fsp3) is 0. The lowest BCUT2D eigenvalue weighted by Crippen LogP contribution is -2.17. The van der Waals surface area contributed by atoms with E-state index in [1.54, 1.807) is 18.2 Å². The molecule has 0 atom stereocenters. The Balaban J connectivity index is 1.87. The van der Waals surface area contributed by atoms with Gasteiger partial charge in [-0.05, 0) is 36.4 Å². The predicted octanol–water partition coefficient (Wildman–Crippen LogP) is 4.09. The number of carbonyl (C=O) groups is 1. The minimum Gasteiger partial charge on any atom is -0.457 e. The van der Waals surface area contributed by atoms with Gasteiger partial charge in [0.2, 0.25) is 0 Å². The molecule has 6 heteroatoms. The summed E-state index contributed by atoms with van der Waals surface area (Å²) >= 11 is 12.0. The minimum atomic E-state index is -0.190. The standard InChI is InChI=1S/C14H8ClNO2S2/c15-9-3-1-8(2-4-9)11-6-5-10(18-11)7-12-13(17)16-14(19)20-12/h1-7H,(H,16,17,19)/b12-7+. The maximum absolute atomic E-state index is 11.6. The average Bonchev–Trinajstić information content (AvgIpc) is 2.98. The number of hydrogen-bond acceptors (Lipinski definition) is 4. The lowest BCUT2D eigenvalue weighted by molar-refractivity contribution is -0.115. The van der Waals surface area contributed by atoms with Crippen LogP contribution in [-0.4, -0.2) is 10.2 Å². The van der Waals surface area contributed by atoms with E-state index in [-0.39, 0.29) is 5.91 Å². The molecule has 0 spiro atoms. The second kappa shape index (κ2) is 5.44. The molecule has 0 bridgehead atoms. The Morgan fingerprint density at radius 3 is 2.60 bits per heavy atom. The molecule has 0 aliphatic carbocycles. The Kier molecular flexibility index (Phi) is 3.65. The molecule has 100 valence electrons. The fourth-order valence-electron chi connectivity index (χ4n) is 1.75. The van der Waals surface area contributed by atoms with Crippen LogP contribution in [0.1, 0.15) is 5.76 Å². The Bertz CT molecular complexity index is 719. The van der Waals surface area contributed by atoms with E-state index in [1.807, 2.05) is 24.3 Å². The van der Waals surface area contributed by atoms with Gasteiger partial charge < -0.3 is 9.73 Å². The first-order valence-corrected chi connectivity index (χ1v) is 7.33. The van der Waals surface area contributed by atoms with Gasteiger partial charge in [-0.1, -0.05) is 35.6 Å². The quantitative estimate of drug-likeness (QED) is 0.668. The van der Waals surface area contributed by atoms with E-state index in [9.17, 15) is 4.79 Å². The molecular weight excluding hydrogens is 314 g/mol. The number of benzene rings is 1. The average molecular weight is 322 g/mol. The molecule has 3 rings (SSSR count). The Morgan fingerprint density at radius 1 is 1.20 bits per heavy atom. The molecule has 0 unspecified atom stereocenters. The highest BCUT2D eigenvalue weighted by atomic mass is 35.5. The molecule has 3 nitrogen and oxygen atoms in total. The predicted molar refractivity (Wildman–Crippen MR) is 85.5 cm³/mol. The SMILES string of the molecule is O=C1NC(=S)S/C1=C/c1ccc(-c2ccc(Cl)cc2)o1. The van der Waals surface area contributed by atoms with Crippen molar-refractivity contribution in [1.29, 1.82) is 0 Å². The highest BCUT2D eigenvalue weighted by Crippen LogP contribution is 2.29. The number of nitrogens with one attached hydrogen (secondary N) is 1. The number of hydrogen-bond donors (Lipinski definition) is 1. The van der Waals surface area contributed by atoms with Gasteiger partial charge in [-0.15, -0.1) is 0 Å². The second-order valence-corrected chi connectivity index (χ2v) is 6.22. The van der Waals surface area contributed by atoms with Gasteiger partial charge in [0.15, 0.2) is 0 Å². The lowest BCUT2D eigenvalue weighted by Gasteiger charge is -1.96. The highest BCUT2D eigenvalue weighted by molar-refractivity contribution is 8.26. The largest absolute Gasteiger partial charge is 0.457 e. The van der Waals surface area contributed by atoms with Gasteiger partial charge in [0, 0.05) is 16.7 Å². The third kappa shape index (κ3) is 2.80. The molecule has 2 aromatic rings. The Hall–Kier alpha value is -1.56. The Labute approximate surface area is 130 Å². The number of thioether (sulfide) groups is 1. The van der Waals surface area contributed by atoms with Gasteiger partial charge in [0.1, 0.15) is 15.8 Å². The van der Waals surface area contributed by atoms with E-state index in [0.717, 1.165) is 11.3 Å². The number of furan rings is 1. The number of carbonyl (C=O) groups excluding carboxylic acids is 1. The van der Waals surface area contributed by atoms with Gasteiger partial charge >= 0.3 is 0 Å². The zero-order chi connectivity index (χ0) is 14.1. The maximum Gasteiger partial charge on any atom is 0.263 e. The van der Waals surface area contributed by atoms with Crippen molar-refractivity contribution in [3.05, 3.63) is 52.1 Å². The van der Waals surface area contributed by atoms with Crippen molar-refractivity contribution in [3.63, 3.8) is 0 Å². The van der Waals surface area contributed by atoms with Crippen LogP contribution in [0.3, 0.4) is 0 Å². The van der Waals surface area contributed by atoms with Crippen molar-refractivity contribution in [2.24, 2.45) is 0 Å². The lowest BCUT2D eigenvalue weighted by atomic mass is 10.2. The zero-order valence-electron chi connectivity index (χ0n) is 10.1. The Morgan fingerprint density at radius 2 is 1.95 bits per heavy atom. The third-order valence-electron chi connectivity index (χ3n) is 2.67. The van der Waals surface area contributed by atoms with Crippen LogP contribution in [0.25, 0.3) is 17.4 Å². The fourth-order valence-corrected chi connectivity index (χ4v) is 2.90. The molecule has 1 aromatic carbocycles. The van der Waals surface area contributed by atoms with Gasteiger partial charge in [0.05, 0.1) is 4.91 Å². The van der Waals surface area contributed by atoms with E-state index < -0.39 is 0 Å². The van der Waals surface area contributed by atoms with Crippen LogP contribution in [0.4, 0.5) is 0 Å². The topological polar surface area (TPSA) is 42.2 Å². The van der Waals surface area contributed by atoms with Crippen molar-refractivity contribution in [3.8, 4) is 11.3 Å². The van der Waals surface area contributed by atoms with Crippen LogP contribution in [-0.2, 0) is 4.79 Å².